The van der Waals surface area contributed by atoms with E-state index >= 15 is 0 Å². The van der Waals surface area contributed by atoms with E-state index < -0.39 is 0 Å². The SMILES string of the molecule is C=C1CCc2c1ccc(C1CC(C)CN(CC(C=Nc3cc(N)c(C#N)cn3)=CN)C1)c2C. The zero-order valence-electron chi connectivity index (χ0n) is 19.5. The van der Waals surface area contributed by atoms with Crippen molar-refractivity contribution in [1.82, 2.24) is 9.88 Å². The van der Waals surface area contributed by atoms with Crippen molar-refractivity contribution >= 4 is 23.3 Å². The molecule has 0 saturated carbocycles. The topological polar surface area (TPSA) is 104 Å². The Labute approximate surface area is 196 Å². The van der Waals surface area contributed by atoms with Gasteiger partial charge in [0.05, 0.1) is 11.3 Å². The summed E-state index contributed by atoms with van der Waals surface area (Å²) in [6, 6.07) is 8.23. The number of likely N-dealkylation sites (tertiary alicyclic amines) is 1. The molecule has 1 aromatic heterocycles. The van der Waals surface area contributed by atoms with Gasteiger partial charge < -0.3 is 11.5 Å². The van der Waals surface area contributed by atoms with Crippen molar-refractivity contribution in [3.05, 3.63) is 70.6 Å². The summed E-state index contributed by atoms with van der Waals surface area (Å²) in [5.41, 5.74) is 20.5. The lowest BCUT2D eigenvalue weighted by Gasteiger charge is -2.37. The van der Waals surface area contributed by atoms with Crippen molar-refractivity contribution in [2.45, 2.75) is 39.0 Å². The first-order chi connectivity index (χ1) is 15.9. The highest BCUT2D eigenvalue weighted by Gasteiger charge is 2.29. The third-order valence-corrected chi connectivity index (χ3v) is 6.90. The smallest absolute Gasteiger partial charge is 0.153 e. The van der Waals surface area contributed by atoms with E-state index in [9.17, 15) is 0 Å². The van der Waals surface area contributed by atoms with Gasteiger partial charge in [0.1, 0.15) is 6.07 Å². The molecule has 0 amide bonds. The van der Waals surface area contributed by atoms with Crippen LogP contribution in [0.3, 0.4) is 0 Å². The number of nitrogens with two attached hydrogens (primary N) is 2. The highest BCUT2D eigenvalue weighted by molar-refractivity contribution is 5.81. The molecule has 2 atom stereocenters. The molecule has 2 aromatic rings. The van der Waals surface area contributed by atoms with Crippen LogP contribution in [0.1, 0.15) is 53.5 Å². The zero-order chi connectivity index (χ0) is 23.5. The molecule has 0 spiro atoms. The Bertz CT molecular complexity index is 1170. The minimum absolute atomic E-state index is 0.350. The maximum atomic E-state index is 9.00. The van der Waals surface area contributed by atoms with Crippen molar-refractivity contribution in [3.8, 4) is 6.07 Å². The number of hydrogen-bond acceptors (Lipinski definition) is 6. The number of fused-ring (bicyclic) bond motifs is 1. The summed E-state index contributed by atoms with van der Waals surface area (Å²) in [6.45, 7) is 11.6. The van der Waals surface area contributed by atoms with Crippen molar-refractivity contribution < 1.29 is 0 Å². The molecule has 2 unspecified atom stereocenters. The van der Waals surface area contributed by atoms with Crippen LogP contribution in [0.15, 0.2) is 47.7 Å². The van der Waals surface area contributed by atoms with Gasteiger partial charge in [0, 0.05) is 38.1 Å². The number of nitrogens with zero attached hydrogens (tertiary/aromatic N) is 4. The molecule has 1 aromatic carbocycles. The van der Waals surface area contributed by atoms with Gasteiger partial charge in [-0.1, -0.05) is 25.6 Å². The van der Waals surface area contributed by atoms with Crippen molar-refractivity contribution in [1.29, 1.82) is 5.26 Å². The van der Waals surface area contributed by atoms with E-state index in [-0.39, 0.29) is 0 Å². The van der Waals surface area contributed by atoms with Crippen LogP contribution in [-0.4, -0.2) is 35.7 Å². The number of piperidine rings is 1. The van der Waals surface area contributed by atoms with Gasteiger partial charge in [-0.25, -0.2) is 9.98 Å². The maximum absolute atomic E-state index is 9.00. The lowest BCUT2D eigenvalue weighted by atomic mass is 9.81. The quantitative estimate of drug-likeness (QED) is 0.667. The van der Waals surface area contributed by atoms with Gasteiger partial charge in [0.15, 0.2) is 5.82 Å². The van der Waals surface area contributed by atoms with Crippen LogP contribution in [0.25, 0.3) is 5.57 Å². The third-order valence-electron chi connectivity index (χ3n) is 6.90. The normalized spacial score (nSPS) is 21.4. The first-order valence-corrected chi connectivity index (χ1v) is 11.5. The van der Waals surface area contributed by atoms with Crippen LogP contribution in [0.5, 0.6) is 0 Å². The molecule has 2 aliphatic rings. The number of aliphatic imine (C=N–C) groups is 1. The Morgan fingerprint density at radius 2 is 2.18 bits per heavy atom. The highest BCUT2D eigenvalue weighted by atomic mass is 15.1. The van der Waals surface area contributed by atoms with E-state index in [0.717, 1.165) is 38.0 Å². The molecule has 6 nitrogen and oxygen atoms in total. The summed E-state index contributed by atoms with van der Waals surface area (Å²) in [5.74, 6) is 1.57. The summed E-state index contributed by atoms with van der Waals surface area (Å²) in [4.78, 5) is 11.1. The van der Waals surface area contributed by atoms with E-state index in [2.05, 4.69) is 47.4 Å². The molecule has 0 bridgehead atoms. The summed E-state index contributed by atoms with van der Waals surface area (Å²) < 4.78 is 0. The number of hydrogen-bond donors (Lipinski definition) is 2. The average molecular weight is 441 g/mol. The van der Waals surface area contributed by atoms with Crippen LogP contribution in [0.2, 0.25) is 0 Å². The molecule has 33 heavy (non-hydrogen) atoms. The van der Waals surface area contributed by atoms with Crippen molar-refractivity contribution in [2.24, 2.45) is 16.6 Å². The Hall–Kier alpha value is -3.43. The fourth-order valence-corrected chi connectivity index (χ4v) is 5.26. The minimum atomic E-state index is 0.350. The second kappa shape index (κ2) is 9.60. The summed E-state index contributed by atoms with van der Waals surface area (Å²) in [6.07, 6.45) is 8.19. The van der Waals surface area contributed by atoms with E-state index in [1.165, 1.54) is 40.4 Å². The fraction of sp³-hybridized carbons (Fsp3) is 0.370. The Kier molecular flexibility index (Phi) is 6.62. The van der Waals surface area contributed by atoms with E-state index in [1.54, 1.807) is 18.5 Å². The van der Waals surface area contributed by atoms with Gasteiger partial charge in [-0.2, -0.15) is 5.26 Å². The number of anilines is 1. The molecule has 4 rings (SSSR count). The number of nitriles is 1. The molecule has 0 radical (unpaired) electrons. The van der Waals surface area contributed by atoms with Crippen LogP contribution in [0.4, 0.5) is 11.5 Å². The zero-order valence-corrected chi connectivity index (χ0v) is 19.5. The third kappa shape index (κ3) is 4.84. The van der Waals surface area contributed by atoms with E-state index in [4.69, 9.17) is 16.7 Å². The molecular weight excluding hydrogens is 408 g/mol. The summed E-state index contributed by atoms with van der Waals surface area (Å²) in [5, 5.41) is 9.00. The number of benzene rings is 1. The molecule has 6 heteroatoms. The predicted octanol–water partition coefficient (Wildman–Crippen LogP) is 4.47. The maximum Gasteiger partial charge on any atom is 0.153 e. The second-order valence-electron chi connectivity index (χ2n) is 9.38. The van der Waals surface area contributed by atoms with Gasteiger partial charge in [-0.3, -0.25) is 4.90 Å². The van der Waals surface area contributed by atoms with Crippen LogP contribution in [-0.2, 0) is 6.42 Å². The Morgan fingerprint density at radius 3 is 2.91 bits per heavy atom. The number of allylic oxidation sites excluding steroid dienone is 1. The number of pyridine rings is 1. The molecular formula is C27H32N6. The first kappa shape index (κ1) is 22.8. The number of nitrogen functional groups attached to an aromatic ring is 1. The van der Waals surface area contributed by atoms with Gasteiger partial charge >= 0.3 is 0 Å². The van der Waals surface area contributed by atoms with Crippen molar-refractivity contribution in [3.63, 3.8) is 0 Å². The molecule has 1 aliphatic carbocycles. The largest absolute Gasteiger partial charge is 0.404 e. The van der Waals surface area contributed by atoms with Crippen LogP contribution in [0, 0.1) is 24.2 Å². The van der Waals surface area contributed by atoms with Gasteiger partial charge in [0.25, 0.3) is 0 Å². The average Bonchev–Trinajstić information content (AvgIpc) is 3.18. The Balaban J connectivity index is 1.47. The van der Waals surface area contributed by atoms with Crippen LogP contribution < -0.4 is 11.5 Å². The monoisotopic (exact) mass is 440 g/mol. The van der Waals surface area contributed by atoms with E-state index in [1.807, 2.05) is 6.07 Å². The Morgan fingerprint density at radius 1 is 1.36 bits per heavy atom. The van der Waals surface area contributed by atoms with Gasteiger partial charge in [-0.15, -0.1) is 0 Å². The summed E-state index contributed by atoms with van der Waals surface area (Å²) in [7, 11) is 0. The number of rotatable bonds is 5. The van der Waals surface area contributed by atoms with Crippen LogP contribution >= 0.6 is 0 Å². The predicted molar refractivity (Wildman–Crippen MR) is 135 cm³/mol. The molecule has 1 aliphatic heterocycles. The standard InChI is InChI=1S/C27H32N6/c1-17-8-21(24-7-6-23-18(2)4-5-25(23)19(24)3)16-33(14-17)15-20(10-28)12-31-27-9-26(30)22(11-29)13-32-27/h6-7,9-10,12-13,17,21H,2,4-5,8,14-16,28H2,1,3H3,(H2,30,32). The lowest BCUT2D eigenvalue weighted by Crippen LogP contribution is -2.40. The second-order valence-corrected chi connectivity index (χ2v) is 9.38. The minimum Gasteiger partial charge on any atom is -0.404 e. The fourth-order valence-electron chi connectivity index (χ4n) is 5.26. The summed E-state index contributed by atoms with van der Waals surface area (Å²) >= 11 is 0. The van der Waals surface area contributed by atoms with E-state index in [0.29, 0.717) is 28.9 Å². The molecule has 2 heterocycles. The molecule has 170 valence electrons. The van der Waals surface area contributed by atoms with Crippen molar-refractivity contribution in [2.75, 3.05) is 25.4 Å². The first-order valence-electron chi connectivity index (χ1n) is 11.5. The van der Waals surface area contributed by atoms with Gasteiger partial charge in [-0.05, 0) is 77.6 Å². The lowest BCUT2D eigenvalue weighted by molar-refractivity contribution is 0.177. The molecule has 1 fully saturated rings. The van der Waals surface area contributed by atoms with Gasteiger partial charge in [0.2, 0.25) is 0 Å². The number of aromatic nitrogens is 1. The molecule has 1 saturated heterocycles. The highest BCUT2D eigenvalue weighted by Crippen LogP contribution is 2.39. The molecule has 4 N–H and O–H groups in total.